The van der Waals surface area contributed by atoms with Crippen LogP contribution in [0.1, 0.15) is 63.1 Å². The van der Waals surface area contributed by atoms with Crippen LogP contribution in [-0.2, 0) is 0 Å². The van der Waals surface area contributed by atoms with E-state index < -0.39 is 0 Å². The standard InChI is InChI=1S/C19H30N2/c1-4-15-10-11-21(13-15)18-12-14(3)16-8-6-7-9-17(16)19(18)20-5-2/h6-9,14-15,18-20H,4-5,10-13H2,1-3H3. The molecule has 3 rings (SSSR count). The van der Waals surface area contributed by atoms with E-state index in [1.165, 1.54) is 32.4 Å². The summed E-state index contributed by atoms with van der Waals surface area (Å²) in [6.07, 6.45) is 4.02. The van der Waals surface area contributed by atoms with E-state index in [1.54, 1.807) is 11.1 Å². The minimum Gasteiger partial charge on any atom is -0.309 e. The highest BCUT2D eigenvalue weighted by atomic mass is 15.2. The third-order valence-corrected chi connectivity index (χ3v) is 5.63. The zero-order valence-electron chi connectivity index (χ0n) is 13.8. The van der Waals surface area contributed by atoms with Gasteiger partial charge in [-0.2, -0.15) is 0 Å². The van der Waals surface area contributed by atoms with Gasteiger partial charge >= 0.3 is 0 Å². The molecule has 0 radical (unpaired) electrons. The first-order chi connectivity index (χ1) is 10.2. The molecule has 2 heteroatoms. The van der Waals surface area contributed by atoms with Gasteiger partial charge in [-0.3, -0.25) is 4.90 Å². The molecule has 0 saturated carbocycles. The summed E-state index contributed by atoms with van der Waals surface area (Å²) in [5, 5.41) is 3.78. The van der Waals surface area contributed by atoms with Crippen LogP contribution in [0, 0.1) is 5.92 Å². The fourth-order valence-electron chi connectivity index (χ4n) is 4.40. The minimum absolute atomic E-state index is 0.512. The Morgan fingerprint density at radius 1 is 1.19 bits per heavy atom. The zero-order valence-corrected chi connectivity index (χ0v) is 13.8. The molecular weight excluding hydrogens is 256 g/mol. The average Bonchev–Trinajstić information content (AvgIpc) is 2.99. The Morgan fingerprint density at radius 2 is 1.95 bits per heavy atom. The molecule has 0 aromatic heterocycles. The highest BCUT2D eigenvalue weighted by molar-refractivity contribution is 5.36. The quantitative estimate of drug-likeness (QED) is 0.901. The van der Waals surface area contributed by atoms with Crippen molar-refractivity contribution in [2.75, 3.05) is 19.6 Å². The Bertz CT molecular complexity index is 470. The van der Waals surface area contributed by atoms with Crippen LogP contribution in [0.2, 0.25) is 0 Å². The van der Waals surface area contributed by atoms with Gasteiger partial charge in [0.2, 0.25) is 0 Å². The highest BCUT2D eigenvalue weighted by Crippen LogP contribution is 2.41. The number of nitrogens with one attached hydrogen (secondary N) is 1. The van der Waals surface area contributed by atoms with Gasteiger partial charge in [0.1, 0.15) is 0 Å². The average molecular weight is 286 g/mol. The number of likely N-dealkylation sites (tertiary alicyclic amines) is 1. The zero-order chi connectivity index (χ0) is 14.8. The van der Waals surface area contributed by atoms with Crippen molar-refractivity contribution < 1.29 is 0 Å². The van der Waals surface area contributed by atoms with Gasteiger partial charge in [-0.25, -0.2) is 0 Å². The lowest BCUT2D eigenvalue weighted by Crippen LogP contribution is -2.47. The van der Waals surface area contributed by atoms with E-state index in [9.17, 15) is 0 Å². The number of hydrogen-bond donors (Lipinski definition) is 1. The second-order valence-corrected chi connectivity index (χ2v) is 6.93. The van der Waals surface area contributed by atoms with Gasteiger partial charge in [0, 0.05) is 18.6 Å². The first-order valence-electron chi connectivity index (χ1n) is 8.80. The molecule has 1 saturated heterocycles. The van der Waals surface area contributed by atoms with Crippen LogP contribution in [0.15, 0.2) is 24.3 Å². The van der Waals surface area contributed by atoms with Gasteiger partial charge in [-0.05, 0) is 48.9 Å². The summed E-state index contributed by atoms with van der Waals surface area (Å²) in [5.41, 5.74) is 3.11. The molecule has 1 aromatic rings. The molecule has 1 fully saturated rings. The Labute approximate surface area is 129 Å². The van der Waals surface area contributed by atoms with Crippen molar-refractivity contribution in [1.82, 2.24) is 10.2 Å². The number of hydrogen-bond acceptors (Lipinski definition) is 2. The number of rotatable bonds is 4. The summed E-state index contributed by atoms with van der Waals surface area (Å²) in [4.78, 5) is 2.77. The van der Waals surface area contributed by atoms with Gasteiger partial charge < -0.3 is 5.32 Å². The van der Waals surface area contributed by atoms with Crippen LogP contribution in [-0.4, -0.2) is 30.6 Å². The molecule has 1 N–H and O–H groups in total. The smallest absolute Gasteiger partial charge is 0.0481 e. The number of likely N-dealkylation sites (N-methyl/N-ethyl adjacent to an activating group) is 1. The first kappa shape index (κ1) is 15.1. The predicted molar refractivity (Wildman–Crippen MR) is 89.7 cm³/mol. The maximum atomic E-state index is 3.78. The molecule has 0 bridgehead atoms. The van der Waals surface area contributed by atoms with Gasteiger partial charge in [-0.1, -0.05) is 51.5 Å². The van der Waals surface area contributed by atoms with Gasteiger partial charge in [0.15, 0.2) is 0 Å². The molecule has 1 aromatic carbocycles. The molecule has 4 atom stereocenters. The second-order valence-electron chi connectivity index (χ2n) is 6.93. The van der Waals surface area contributed by atoms with Crippen molar-refractivity contribution in [2.24, 2.45) is 5.92 Å². The van der Waals surface area contributed by atoms with Crippen molar-refractivity contribution >= 4 is 0 Å². The van der Waals surface area contributed by atoms with Gasteiger partial charge in [-0.15, -0.1) is 0 Å². The molecule has 2 aliphatic rings. The Hall–Kier alpha value is -0.860. The van der Waals surface area contributed by atoms with Crippen LogP contribution in [0.5, 0.6) is 0 Å². The lowest BCUT2D eigenvalue weighted by Gasteiger charge is -2.42. The van der Waals surface area contributed by atoms with Crippen LogP contribution >= 0.6 is 0 Å². The van der Waals surface area contributed by atoms with Crippen molar-refractivity contribution in [3.05, 3.63) is 35.4 Å². The van der Waals surface area contributed by atoms with E-state index in [0.717, 1.165) is 12.5 Å². The molecule has 4 unspecified atom stereocenters. The molecule has 1 aliphatic heterocycles. The summed E-state index contributed by atoms with van der Waals surface area (Å²) in [6, 6.07) is 10.3. The molecule has 2 nitrogen and oxygen atoms in total. The van der Waals surface area contributed by atoms with E-state index in [2.05, 4.69) is 55.3 Å². The molecule has 1 heterocycles. The van der Waals surface area contributed by atoms with E-state index in [0.29, 0.717) is 18.0 Å². The summed E-state index contributed by atoms with van der Waals surface area (Å²) in [7, 11) is 0. The third-order valence-electron chi connectivity index (χ3n) is 5.63. The van der Waals surface area contributed by atoms with Crippen LogP contribution in [0.25, 0.3) is 0 Å². The predicted octanol–water partition coefficient (Wildman–Crippen LogP) is 3.94. The van der Waals surface area contributed by atoms with Gasteiger partial charge in [0.25, 0.3) is 0 Å². The summed E-state index contributed by atoms with van der Waals surface area (Å²) >= 11 is 0. The van der Waals surface area contributed by atoms with Crippen molar-refractivity contribution in [3.8, 4) is 0 Å². The van der Waals surface area contributed by atoms with Gasteiger partial charge in [0.05, 0.1) is 0 Å². The van der Waals surface area contributed by atoms with Crippen LogP contribution in [0.3, 0.4) is 0 Å². The van der Waals surface area contributed by atoms with Crippen molar-refractivity contribution in [1.29, 1.82) is 0 Å². The van der Waals surface area contributed by atoms with E-state index >= 15 is 0 Å². The van der Waals surface area contributed by atoms with E-state index in [-0.39, 0.29) is 0 Å². The molecule has 116 valence electrons. The SMILES string of the molecule is CCNC1c2ccccc2C(C)CC1N1CCC(CC)C1. The summed E-state index contributed by atoms with van der Waals surface area (Å²) in [6.45, 7) is 10.6. The maximum absolute atomic E-state index is 3.78. The Balaban J connectivity index is 1.87. The number of benzene rings is 1. The monoisotopic (exact) mass is 286 g/mol. The normalized spacial score (nSPS) is 33.1. The van der Waals surface area contributed by atoms with Crippen molar-refractivity contribution in [2.45, 2.75) is 58.0 Å². The third kappa shape index (κ3) is 2.89. The minimum atomic E-state index is 0.512. The molecule has 0 spiro atoms. The lowest BCUT2D eigenvalue weighted by molar-refractivity contribution is 0.158. The fourth-order valence-corrected chi connectivity index (χ4v) is 4.40. The second kappa shape index (κ2) is 6.50. The summed E-state index contributed by atoms with van der Waals surface area (Å²) < 4.78 is 0. The maximum Gasteiger partial charge on any atom is 0.0481 e. The molecule has 1 aliphatic carbocycles. The number of nitrogens with zero attached hydrogens (tertiary/aromatic N) is 1. The lowest BCUT2D eigenvalue weighted by atomic mass is 9.77. The molecule has 0 amide bonds. The number of fused-ring (bicyclic) bond motifs is 1. The summed E-state index contributed by atoms with van der Waals surface area (Å²) in [5.74, 6) is 1.60. The van der Waals surface area contributed by atoms with E-state index in [4.69, 9.17) is 0 Å². The van der Waals surface area contributed by atoms with E-state index in [1.807, 2.05) is 0 Å². The van der Waals surface area contributed by atoms with Crippen LogP contribution < -0.4 is 5.32 Å². The largest absolute Gasteiger partial charge is 0.309 e. The fraction of sp³-hybridized carbons (Fsp3) is 0.684. The first-order valence-corrected chi connectivity index (χ1v) is 8.80. The topological polar surface area (TPSA) is 15.3 Å². The highest BCUT2D eigenvalue weighted by Gasteiger charge is 2.38. The van der Waals surface area contributed by atoms with Crippen molar-refractivity contribution in [3.63, 3.8) is 0 Å². The Kier molecular flexibility index (Phi) is 4.66. The Morgan fingerprint density at radius 3 is 2.62 bits per heavy atom. The molecular formula is C19H30N2. The molecule has 21 heavy (non-hydrogen) atoms. The van der Waals surface area contributed by atoms with Crippen LogP contribution in [0.4, 0.5) is 0 Å².